The fourth-order valence-corrected chi connectivity index (χ4v) is 3.16. The van der Waals surface area contributed by atoms with Gasteiger partial charge in [-0.25, -0.2) is 0 Å². The smallest absolute Gasteiger partial charge is 0.311 e. The molecule has 2 aromatic rings. The van der Waals surface area contributed by atoms with Crippen molar-refractivity contribution in [2.45, 2.75) is 26.3 Å². The largest absolute Gasteiger partial charge is 0.481 e. The van der Waals surface area contributed by atoms with Gasteiger partial charge in [-0.05, 0) is 25.3 Å². The third kappa shape index (κ3) is 3.77. The van der Waals surface area contributed by atoms with Crippen LogP contribution in [0.15, 0.2) is 36.5 Å². The molecule has 26 heavy (non-hydrogen) atoms. The van der Waals surface area contributed by atoms with Gasteiger partial charge >= 0.3 is 5.97 Å². The number of aliphatic carboxylic acids is 1. The van der Waals surface area contributed by atoms with Crippen LogP contribution in [0.4, 0.5) is 0 Å². The molecule has 7 nitrogen and oxygen atoms in total. The molecule has 0 aliphatic carbocycles. The molecule has 2 heterocycles. The molecule has 1 aromatic heterocycles. The van der Waals surface area contributed by atoms with Crippen LogP contribution in [0, 0.1) is 12.3 Å². The van der Waals surface area contributed by atoms with E-state index in [0.717, 1.165) is 11.3 Å². The summed E-state index contributed by atoms with van der Waals surface area (Å²) in [5.41, 5.74) is 1.36. The molecule has 1 amide bonds. The number of carboxylic acid groups (broad SMARTS) is 1. The average molecular weight is 357 g/mol. The van der Waals surface area contributed by atoms with Gasteiger partial charge in [0.1, 0.15) is 0 Å². The first-order valence-electron chi connectivity index (χ1n) is 8.67. The summed E-state index contributed by atoms with van der Waals surface area (Å²) in [5, 5.41) is 16.7. The lowest BCUT2D eigenvalue weighted by molar-refractivity contribution is -0.154. The van der Waals surface area contributed by atoms with Crippen LogP contribution in [0.3, 0.4) is 0 Å². The second-order valence-electron chi connectivity index (χ2n) is 6.67. The van der Waals surface area contributed by atoms with E-state index in [9.17, 15) is 14.7 Å². The van der Waals surface area contributed by atoms with Gasteiger partial charge in [-0.1, -0.05) is 30.3 Å². The van der Waals surface area contributed by atoms with Crippen molar-refractivity contribution < 1.29 is 19.4 Å². The average Bonchev–Trinajstić information content (AvgIpc) is 3.02. The minimum absolute atomic E-state index is 0.0911. The van der Waals surface area contributed by atoms with Gasteiger partial charge in [0, 0.05) is 25.5 Å². The van der Waals surface area contributed by atoms with Gasteiger partial charge < -0.3 is 15.2 Å². The summed E-state index contributed by atoms with van der Waals surface area (Å²) in [4.78, 5) is 24.2. The number of carboxylic acids is 1. The number of carbonyl (C=O) groups is 2. The quantitative estimate of drug-likeness (QED) is 0.823. The molecule has 0 atom stereocenters. The normalized spacial score (nSPS) is 16.2. The Morgan fingerprint density at radius 3 is 2.62 bits per heavy atom. The zero-order valence-corrected chi connectivity index (χ0v) is 14.8. The van der Waals surface area contributed by atoms with Crippen molar-refractivity contribution in [3.8, 4) is 0 Å². The Bertz CT molecular complexity index is 779. The Hall–Kier alpha value is -2.67. The van der Waals surface area contributed by atoms with E-state index in [1.54, 1.807) is 4.68 Å². The van der Waals surface area contributed by atoms with Gasteiger partial charge in [-0.2, -0.15) is 5.10 Å². The molecule has 0 bridgehead atoms. The van der Waals surface area contributed by atoms with Crippen LogP contribution in [0.5, 0.6) is 0 Å². The highest BCUT2D eigenvalue weighted by molar-refractivity contribution is 5.95. The predicted octanol–water partition coefficient (Wildman–Crippen LogP) is 1.85. The van der Waals surface area contributed by atoms with Crippen molar-refractivity contribution in [3.05, 3.63) is 53.3 Å². The Morgan fingerprint density at radius 1 is 1.27 bits per heavy atom. The number of hydrogen-bond acceptors (Lipinski definition) is 4. The second-order valence-corrected chi connectivity index (χ2v) is 6.67. The predicted molar refractivity (Wildman–Crippen MR) is 95.0 cm³/mol. The second kappa shape index (κ2) is 7.70. The van der Waals surface area contributed by atoms with Crippen molar-refractivity contribution in [3.63, 3.8) is 0 Å². The first-order valence-corrected chi connectivity index (χ1v) is 8.67. The number of aromatic nitrogens is 2. The van der Waals surface area contributed by atoms with Gasteiger partial charge in [0.05, 0.1) is 23.7 Å². The molecule has 0 unspecified atom stereocenters. The molecule has 0 radical (unpaired) electrons. The van der Waals surface area contributed by atoms with E-state index >= 15 is 0 Å². The summed E-state index contributed by atoms with van der Waals surface area (Å²) in [7, 11) is 0. The van der Waals surface area contributed by atoms with E-state index in [4.69, 9.17) is 4.74 Å². The highest BCUT2D eigenvalue weighted by Gasteiger charge is 2.40. The maximum Gasteiger partial charge on any atom is 0.311 e. The number of amides is 1. The molecule has 1 fully saturated rings. The topological polar surface area (TPSA) is 93.5 Å². The fourth-order valence-electron chi connectivity index (χ4n) is 3.16. The number of nitrogens with one attached hydrogen (secondary N) is 1. The Morgan fingerprint density at radius 2 is 1.96 bits per heavy atom. The number of benzene rings is 1. The maximum absolute atomic E-state index is 12.6. The van der Waals surface area contributed by atoms with Crippen molar-refractivity contribution in [2.75, 3.05) is 19.8 Å². The van der Waals surface area contributed by atoms with Crippen molar-refractivity contribution in [2.24, 2.45) is 5.41 Å². The summed E-state index contributed by atoms with van der Waals surface area (Å²) < 4.78 is 7.03. The highest BCUT2D eigenvalue weighted by Crippen LogP contribution is 2.30. The Kier molecular flexibility index (Phi) is 5.37. The Balaban J connectivity index is 1.67. The van der Waals surface area contributed by atoms with E-state index in [1.165, 1.54) is 6.20 Å². The molecule has 1 aliphatic rings. The van der Waals surface area contributed by atoms with E-state index in [-0.39, 0.29) is 12.5 Å². The minimum atomic E-state index is -0.957. The molecule has 3 rings (SSSR count). The zero-order valence-electron chi connectivity index (χ0n) is 14.8. The van der Waals surface area contributed by atoms with Crippen LogP contribution < -0.4 is 5.32 Å². The van der Waals surface area contributed by atoms with Crippen LogP contribution >= 0.6 is 0 Å². The molecule has 0 spiro atoms. The Labute approximate surface area is 152 Å². The fraction of sp³-hybridized carbons (Fsp3) is 0.421. The van der Waals surface area contributed by atoms with Gasteiger partial charge in [-0.15, -0.1) is 0 Å². The van der Waals surface area contributed by atoms with Crippen LogP contribution in [-0.4, -0.2) is 46.5 Å². The lowest BCUT2D eigenvalue weighted by atomic mass is 9.80. The lowest BCUT2D eigenvalue weighted by Gasteiger charge is -2.33. The number of hydrogen-bond donors (Lipinski definition) is 2. The van der Waals surface area contributed by atoms with E-state index < -0.39 is 11.4 Å². The van der Waals surface area contributed by atoms with Crippen molar-refractivity contribution in [1.82, 2.24) is 15.1 Å². The summed E-state index contributed by atoms with van der Waals surface area (Å²) in [6.07, 6.45) is 2.33. The molecule has 1 aromatic carbocycles. The lowest BCUT2D eigenvalue weighted by Crippen LogP contribution is -2.46. The standard InChI is InChI=1S/C19H23N3O4/c1-14-16(11-21-22(14)12-15-5-3-2-4-6-15)17(23)20-13-19(18(24)25)7-9-26-10-8-19/h2-6,11H,7-10,12-13H2,1H3,(H,20,23)(H,24,25). The van der Waals surface area contributed by atoms with Crippen molar-refractivity contribution in [1.29, 1.82) is 0 Å². The van der Waals surface area contributed by atoms with E-state index in [1.807, 2.05) is 37.3 Å². The zero-order chi connectivity index (χ0) is 18.6. The van der Waals surface area contributed by atoms with Gasteiger partial charge in [0.15, 0.2) is 0 Å². The number of rotatable bonds is 6. The third-order valence-corrected chi connectivity index (χ3v) is 5.01. The monoisotopic (exact) mass is 357 g/mol. The first kappa shape index (κ1) is 18.1. The van der Waals surface area contributed by atoms with E-state index in [0.29, 0.717) is 38.2 Å². The molecular formula is C19H23N3O4. The van der Waals surface area contributed by atoms with Crippen molar-refractivity contribution >= 4 is 11.9 Å². The third-order valence-electron chi connectivity index (χ3n) is 5.01. The number of carbonyl (C=O) groups excluding carboxylic acids is 1. The summed E-state index contributed by atoms with van der Waals surface area (Å²) in [6, 6.07) is 9.88. The SMILES string of the molecule is Cc1c(C(=O)NCC2(C(=O)O)CCOCC2)cnn1Cc1ccccc1. The van der Waals surface area contributed by atoms with Gasteiger partial charge in [-0.3, -0.25) is 14.3 Å². The van der Waals surface area contributed by atoms with Crippen LogP contribution in [0.25, 0.3) is 0 Å². The molecule has 138 valence electrons. The number of nitrogens with zero attached hydrogens (tertiary/aromatic N) is 2. The summed E-state index contributed by atoms with van der Waals surface area (Å²) >= 11 is 0. The maximum atomic E-state index is 12.6. The van der Waals surface area contributed by atoms with E-state index in [2.05, 4.69) is 10.4 Å². The summed E-state index contributed by atoms with van der Waals surface area (Å²) in [6.45, 7) is 3.31. The molecule has 1 saturated heterocycles. The molecular weight excluding hydrogens is 334 g/mol. The highest BCUT2D eigenvalue weighted by atomic mass is 16.5. The van der Waals surface area contributed by atoms with Crippen LogP contribution in [-0.2, 0) is 16.1 Å². The first-order chi connectivity index (χ1) is 12.5. The molecule has 2 N–H and O–H groups in total. The molecule has 1 aliphatic heterocycles. The van der Waals surface area contributed by atoms with Crippen LogP contribution in [0.2, 0.25) is 0 Å². The number of ether oxygens (including phenoxy) is 1. The molecule has 0 saturated carbocycles. The summed E-state index contributed by atoms with van der Waals surface area (Å²) in [5.74, 6) is -1.19. The van der Waals surface area contributed by atoms with Crippen LogP contribution in [0.1, 0.15) is 34.5 Å². The van der Waals surface area contributed by atoms with Gasteiger partial charge in [0.2, 0.25) is 0 Å². The molecule has 7 heteroatoms. The minimum Gasteiger partial charge on any atom is -0.481 e. The van der Waals surface area contributed by atoms with Gasteiger partial charge in [0.25, 0.3) is 5.91 Å².